The zero-order valence-electron chi connectivity index (χ0n) is 14.0. The molecule has 0 heterocycles. The third kappa shape index (κ3) is 10.3. The predicted molar refractivity (Wildman–Crippen MR) is 97.3 cm³/mol. The van der Waals surface area contributed by atoms with Gasteiger partial charge >= 0.3 is 0 Å². The maximum Gasteiger partial charge on any atom is 0.115 e. The zero-order valence-corrected chi connectivity index (χ0v) is 14.0. The zero-order chi connectivity index (χ0) is 15.9. The van der Waals surface area contributed by atoms with Gasteiger partial charge in [0.2, 0.25) is 0 Å². The van der Waals surface area contributed by atoms with E-state index in [2.05, 4.69) is 24.8 Å². The Labute approximate surface area is 136 Å². The van der Waals surface area contributed by atoms with Gasteiger partial charge in [0.05, 0.1) is 0 Å². The van der Waals surface area contributed by atoms with E-state index in [1.54, 1.807) is 6.07 Å². The molecular weight excluding hydrogens is 268 g/mol. The molecule has 1 heteroatoms. The van der Waals surface area contributed by atoms with E-state index in [9.17, 15) is 5.11 Å². The minimum absolute atomic E-state index is 0.373. The molecule has 0 bridgehead atoms. The first-order valence-corrected chi connectivity index (χ1v) is 8.86. The maximum atomic E-state index is 9.40. The first kappa shape index (κ1) is 18.5. The summed E-state index contributed by atoms with van der Waals surface area (Å²) >= 11 is 0. The van der Waals surface area contributed by atoms with Gasteiger partial charge in [-0.1, -0.05) is 56.0 Å². The van der Waals surface area contributed by atoms with Crippen LogP contribution in [0.3, 0.4) is 0 Å². The Bertz CT molecular complexity index is 420. The topological polar surface area (TPSA) is 20.2 Å². The van der Waals surface area contributed by atoms with Crippen LogP contribution >= 0.6 is 0 Å². The van der Waals surface area contributed by atoms with Crippen LogP contribution in [0.1, 0.15) is 69.8 Å². The highest BCUT2D eigenvalue weighted by Gasteiger charge is 1.94. The van der Waals surface area contributed by atoms with Crippen molar-refractivity contribution >= 4 is 0 Å². The molecule has 0 aliphatic carbocycles. The van der Waals surface area contributed by atoms with Crippen molar-refractivity contribution in [1.82, 2.24) is 0 Å². The van der Waals surface area contributed by atoms with Crippen molar-refractivity contribution in [3.05, 3.63) is 54.6 Å². The minimum Gasteiger partial charge on any atom is -0.508 e. The Morgan fingerprint density at radius 1 is 0.818 bits per heavy atom. The second-order valence-corrected chi connectivity index (χ2v) is 6.02. The first-order chi connectivity index (χ1) is 10.8. The van der Waals surface area contributed by atoms with Gasteiger partial charge in [-0.25, -0.2) is 0 Å². The van der Waals surface area contributed by atoms with E-state index in [-0.39, 0.29) is 0 Å². The smallest absolute Gasteiger partial charge is 0.115 e. The summed E-state index contributed by atoms with van der Waals surface area (Å²) < 4.78 is 0. The molecule has 0 radical (unpaired) electrons. The van der Waals surface area contributed by atoms with Gasteiger partial charge in [-0.05, 0) is 62.6 Å². The van der Waals surface area contributed by atoms with E-state index in [0.717, 1.165) is 19.3 Å². The van der Waals surface area contributed by atoms with Crippen LogP contribution in [0.5, 0.6) is 5.75 Å². The van der Waals surface area contributed by atoms with E-state index in [0.29, 0.717) is 5.75 Å². The van der Waals surface area contributed by atoms with Crippen molar-refractivity contribution in [1.29, 1.82) is 0 Å². The number of hydrogen-bond donors (Lipinski definition) is 1. The summed E-state index contributed by atoms with van der Waals surface area (Å²) in [6, 6.07) is 7.58. The van der Waals surface area contributed by atoms with Gasteiger partial charge in [-0.2, -0.15) is 0 Å². The number of unbranched alkanes of at least 4 members (excludes halogenated alkanes) is 8. The standard InChI is InChI=1S/C21H32O/c1-2-3-4-5-6-7-8-9-10-11-12-13-14-16-20-17-15-18-21(22)19-20/h2,11-12,15,17-19,22H,1,3-10,13-14,16H2/b12-11+. The monoisotopic (exact) mass is 300 g/mol. The summed E-state index contributed by atoms with van der Waals surface area (Å²) in [5, 5.41) is 9.40. The lowest BCUT2D eigenvalue weighted by atomic mass is 10.1. The summed E-state index contributed by atoms with van der Waals surface area (Å²) in [7, 11) is 0. The SMILES string of the molecule is C=CCCCCCCCC/C=C/CCCc1cccc(O)c1. The van der Waals surface area contributed by atoms with Crippen LogP contribution in [-0.4, -0.2) is 5.11 Å². The summed E-state index contributed by atoms with van der Waals surface area (Å²) in [6.45, 7) is 3.75. The predicted octanol–water partition coefficient (Wildman–Crippen LogP) is 6.58. The molecule has 0 spiro atoms. The first-order valence-electron chi connectivity index (χ1n) is 8.86. The molecule has 0 fully saturated rings. The third-order valence-electron chi connectivity index (χ3n) is 3.94. The molecule has 0 saturated heterocycles. The molecule has 0 unspecified atom stereocenters. The highest BCUT2D eigenvalue weighted by atomic mass is 16.3. The molecule has 0 amide bonds. The van der Waals surface area contributed by atoms with Crippen LogP contribution < -0.4 is 0 Å². The lowest BCUT2D eigenvalue weighted by Crippen LogP contribution is -1.83. The van der Waals surface area contributed by atoms with Crippen LogP contribution in [0.15, 0.2) is 49.1 Å². The Balaban J connectivity index is 1.89. The molecule has 0 aliphatic rings. The fraction of sp³-hybridized carbons (Fsp3) is 0.524. The van der Waals surface area contributed by atoms with Crippen LogP contribution in [0.2, 0.25) is 0 Å². The molecule has 0 aromatic heterocycles. The molecule has 1 aromatic carbocycles. The molecule has 1 rings (SSSR count). The third-order valence-corrected chi connectivity index (χ3v) is 3.94. The average molecular weight is 300 g/mol. The Kier molecular flexibility index (Phi) is 11.1. The van der Waals surface area contributed by atoms with Crippen molar-refractivity contribution in [2.24, 2.45) is 0 Å². The van der Waals surface area contributed by atoms with E-state index < -0.39 is 0 Å². The molecule has 0 aliphatic heterocycles. The van der Waals surface area contributed by atoms with Crippen LogP contribution in [0.4, 0.5) is 0 Å². The van der Waals surface area contributed by atoms with E-state index >= 15 is 0 Å². The Morgan fingerprint density at radius 3 is 2.14 bits per heavy atom. The lowest BCUT2D eigenvalue weighted by molar-refractivity contribution is 0.474. The van der Waals surface area contributed by atoms with Crippen molar-refractivity contribution in [3.63, 3.8) is 0 Å². The van der Waals surface area contributed by atoms with Crippen molar-refractivity contribution in [2.75, 3.05) is 0 Å². The fourth-order valence-corrected chi connectivity index (χ4v) is 2.63. The summed E-state index contributed by atoms with van der Waals surface area (Å²) in [5.41, 5.74) is 1.23. The molecule has 1 aromatic rings. The largest absolute Gasteiger partial charge is 0.508 e. The molecule has 0 atom stereocenters. The molecular formula is C21H32O. The van der Waals surface area contributed by atoms with Gasteiger partial charge < -0.3 is 5.11 Å². The van der Waals surface area contributed by atoms with Gasteiger partial charge in [-0.15, -0.1) is 6.58 Å². The van der Waals surface area contributed by atoms with Gasteiger partial charge in [0.25, 0.3) is 0 Å². The lowest BCUT2D eigenvalue weighted by Gasteiger charge is -2.00. The number of phenolic OH excluding ortho intramolecular Hbond substituents is 1. The minimum atomic E-state index is 0.373. The summed E-state index contributed by atoms with van der Waals surface area (Å²) in [6.07, 6.45) is 20.5. The molecule has 22 heavy (non-hydrogen) atoms. The molecule has 1 N–H and O–H groups in total. The van der Waals surface area contributed by atoms with Gasteiger partial charge in [0, 0.05) is 0 Å². The second kappa shape index (κ2) is 13.2. The van der Waals surface area contributed by atoms with Crippen LogP contribution in [0.25, 0.3) is 0 Å². The van der Waals surface area contributed by atoms with E-state index in [4.69, 9.17) is 0 Å². The maximum absolute atomic E-state index is 9.40. The van der Waals surface area contributed by atoms with Crippen LogP contribution in [-0.2, 0) is 6.42 Å². The highest BCUT2D eigenvalue weighted by Crippen LogP contribution is 2.13. The van der Waals surface area contributed by atoms with Crippen molar-refractivity contribution in [2.45, 2.75) is 70.6 Å². The molecule has 122 valence electrons. The summed E-state index contributed by atoms with van der Waals surface area (Å²) in [5.74, 6) is 0.373. The van der Waals surface area contributed by atoms with Gasteiger partial charge in [0.15, 0.2) is 0 Å². The quantitative estimate of drug-likeness (QED) is 0.322. The Morgan fingerprint density at radius 2 is 1.45 bits per heavy atom. The van der Waals surface area contributed by atoms with E-state index in [1.165, 1.54) is 56.9 Å². The second-order valence-electron chi connectivity index (χ2n) is 6.02. The van der Waals surface area contributed by atoms with Crippen molar-refractivity contribution < 1.29 is 5.11 Å². The fourth-order valence-electron chi connectivity index (χ4n) is 2.63. The highest BCUT2D eigenvalue weighted by molar-refractivity contribution is 5.27. The number of allylic oxidation sites excluding steroid dienone is 3. The summed E-state index contributed by atoms with van der Waals surface area (Å²) in [4.78, 5) is 0. The number of aryl methyl sites for hydroxylation is 1. The van der Waals surface area contributed by atoms with Gasteiger partial charge in [0.1, 0.15) is 5.75 Å². The van der Waals surface area contributed by atoms with E-state index in [1.807, 2.05) is 18.2 Å². The van der Waals surface area contributed by atoms with Crippen LogP contribution in [0, 0.1) is 0 Å². The average Bonchev–Trinajstić information content (AvgIpc) is 2.52. The number of hydrogen-bond acceptors (Lipinski definition) is 1. The molecule has 1 nitrogen and oxygen atoms in total. The molecule has 0 saturated carbocycles. The van der Waals surface area contributed by atoms with Gasteiger partial charge in [-0.3, -0.25) is 0 Å². The normalized spacial score (nSPS) is 11.1. The Hall–Kier alpha value is -1.50. The number of phenols is 1. The number of benzene rings is 1. The number of aromatic hydroxyl groups is 1. The van der Waals surface area contributed by atoms with Crippen molar-refractivity contribution in [3.8, 4) is 5.75 Å². The number of rotatable bonds is 13.